The van der Waals surface area contributed by atoms with Crippen LogP contribution >= 0.6 is 11.6 Å². The molecule has 2 aromatic carbocycles. The number of nitrogen functional groups attached to an aromatic ring is 1. The fourth-order valence-electron chi connectivity index (χ4n) is 1.68. The van der Waals surface area contributed by atoms with Crippen molar-refractivity contribution in [2.75, 3.05) is 11.1 Å². The van der Waals surface area contributed by atoms with Gasteiger partial charge in [-0.25, -0.2) is 4.39 Å². The third kappa shape index (κ3) is 3.54. The lowest BCUT2D eigenvalue weighted by Gasteiger charge is -2.12. The third-order valence-electron chi connectivity index (χ3n) is 2.43. The first-order chi connectivity index (χ1) is 9.24. The van der Waals surface area contributed by atoms with Crippen molar-refractivity contribution in [3.8, 4) is 0 Å². The number of nitrogens with two attached hydrogens (primary N) is 1. The van der Waals surface area contributed by atoms with E-state index in [1.807, 2.05) is 0 Å². The van der Waals surface area contributed by atoms with Crippen LogP contribution < -0.4 is 11.1 Å². The summed E-state index contributed by atoms with van der Waals surface area (Å²) in [5.41, 5.74) is 5.05. The molecule has 0 fully saturated rings. The molecule has 0 spiro atoms. The number of anilines is 3. The Morgan fingerprint density at radius 3 is 2.20 bits per heavy atom. The Hall–Kier alpha value is -1.95. The van der Waals surface area contributed by atoms with Gasteiger partial charge in [0, 0.05) is 22.1 Å². The number of nitrogens with one attached hydrogen (secondary N) is 1. The molecule has 0 unspecified atom stereocenters. The van der Waals surface area contributed by atoms with E-state index in [9.17, 15) is 17.6 Å². The highest BCUT2D eigenvalue weighted by atomic mass is 35.5. The van der Waals surface area contributed by atoms with Gasteiger partial charge in [-0.2, -0.15) is 13.2 Å². The molecule has 0 aromatic heterocycles. The molecule has 2 aromatic rings. The normalized spacial score (nSPS) is 11.4. The van der Waals surface area contributed by atoms with Crippen molar-refractivity contribution in [3.63, 3.8) is 0 Å². The van der Waals surface area contributed by atoms with Gasteiger partial charge in [-0.1, -0.05) is 11.6 Å². The molecule has 0 saturated heterocycles. The quantitative estimate of drug-likeness (QED) is 0.616. The van der Waals surface area contributed by atoms with Crippen molar-refractivity contribution < 1.29 is 17.6 Å². The Morgan fingerprint density at radius 2 is 1.60 bits per heavy atom. The van der Waals surface area contributed by atoms with Gasteiger partial charge in [-0.05, 0) is 36.4 Å². The molecule has 3 N–H and O–H groups in total. The highest BCUT2D eigenvalue weighted by Gasteiger charge is 2.31. The van der Waals surface area contributed by atoms with E-state index in [-0.39, 0.29) is 22.1 Å². The summed E-state index contributed by atoms with van der Waals surface area (Å²) in [4.78, 5) is 0. The Morgan fingerprint density at radius 1 is 0.950 bits per heavy atom. The fraction of sp³-hybridized carbons (Fsp3) is 0.0769. The van der Waals surface area contributed by atoms with Gasteiger partial charge in [0.2, 0.25) is 0 Å². The van der Waals surface area contributed by atoms with E-state index in [1.54, 1.807) is 0 Å². The molecular weight excluding hydrogens is 296 g/mol. The average Bonchev–Trinajstić information content (AvgIpc) is 2.25. The Labute approximate surface area is 117 Å². The van der Waals surface area contributed by atoms with E-state index in [0.29, 0.717) is 0 Å². The van der Waals surface area contributed by atoms with Crippen molar-refractivity contribution in [1.29, 1.82) is 0 Å². The van der Waals surface area contributed by atoms with Crippen LogP contribution in [0.15, 0.2) is 36.4 Å². The molecule has 2 nitrogen and oxygen atoms in total. The minimum atomic E-state index is -4.51. The van der Waals surface area contributed by atoms with Gasteiger partial charge < -0.3 is 11.1 Å². The number of hydrogen-bond acceptors (Lipinski definition) is 2. The molecule has 0 saturated carbocycles. The third-order valence-corrected chi connectivity index (χ3v) is 2.65. The van der Waals surface area contributed by atoms with Crippen molar-refractivity contribution in [2.24, 2.45) is 0 Å². The van der Waals surface area contributed by atoms with Crippen LogP contribution in [0.4, 0.5) is 34.6 Å². The van der Waals surface area contributed by atoms with Gasteiger partial charge >= 0.3 is 6.18 Å². The van der Waals surface area contributed by atoms with Gasteiger partial charge in [0.1, 0.15) is 5.82 Å². The lowest BCUT2D eigenvalue weighted by Crippen LogP contribution is -2.05. The first kappa shape index (κ1) is 14.5. The van der Waals surface area contributed by atoms with E-state index in [1.165, 1.54) is 12.1 Å². The highest BCUT2D eigenvalue weighted by Crippen LogP contribution is 2.34. The van der Waals surface area contributed by atoms with E-state index in [4.69, 9.17) is 17.3 Å². The SMILES string of the molecule is Nc1cc(F)cc(Nc2cc(Cl)cc(C(F)(F)F)c2)c1. The zero-order chi connectivity index (χ0) is 14.9. The molecule has 0 atom stereocenters. The zero-order valence-corrected chi connectivity index (χ0v) is 10.7. The second-order valence-electron chi connectivity index (χ2n) is 4.12. The van der Waals surface area contributed by atoms with Crippen LogP contribution in [0, 0.1) is 5.82 Å². The average molecular weight is 305 g/mol. The lowest BCUT2D eigenvalue weighted by atomic mass is 10.2. The maximum Gasteiger partial charge on any atom is 0.416 e. The van der Waals surface area contributed by atoms with Crippen molar-refractivity contribution in [1.82, 2.24) is 0 Å². The minimum absolute atomic E-state index is 0.0771. The summed E-state index contributed by atoms with van der Waals surface area (Å²) in [6, 6.07) is 6.61. The summed E-state index contributed by atoms with van der Waals surface area (Å²) in [5.74, 6) is -0.592. The summed E-state index contributed by atoms with van der Waals surface area (Å²) in [6.07, 6.45) is -4.51. The maximum atomic E-state index is 13.2. The lowest BCUT2D eigenvalue weighted by molar-refractivity contribution is -0.137. The second kappa shape index (κ2) is 5.20. The number of benzene rings is 2. The molecule has 0 amide bonds. The molecule has 2 rings (SSSR count). The Balaban J connectivity index is 2.36. The molecule has 0 aliphatic heterocycles. The van der Waals surface area contributed by atoms with E-state index < -0.39 is 17.6 Å². The minimum Gasteiger partial charge on any atom is -0.399 e. The summed E-state index contributed by atoms with van der Waals surface area (Å²) >= 11 is 5.65. The smallest absolute Gasteiger partial charge is 0.399 e. The summed E-state index contributed by atoms with van der Waals surface area (Å²) in [7, 11) is 0. The van der Waals surface area contributed by atoms with E-state index in [2.05, 4.69) is 5.32 Å². The standard InChI is InChI=1S/C13H9ClF4N2/c14-8-1-7(13(16,17)18)2-11(3-8)20-12-5-9(15)4-10(19)6-12/h1-6,20H,19H2. The number of hydrogen-bond donors (Lipinski definition) is 2. The highest BCUT2D eigenvalue weighted by molar-refractivity contribution is 6.31. The molecule has 106 valence electrons. The number of halogens is 5. The molecule has 7 heteroatoms. The zero-order valence-electron chi connectivity index (χ0n) is 9.93. The molecular formula is C13H9ClF4N2. The summed E-state index contributed by atoms with van der Waals surface area (Å²) in [6.45, 7) is 0. The molecule has 0 aliphatic carbocycles. The van der Waals surface area contributed by atoms with Crippen LogP contribution in [0.5, 0.6) is 0 Å². The molecule has 0 radical (unpaired) electrons. The van der Waals surface area contributed by atoms with Gasteiger partial charge in [0.15, 0.2) is 0 Å². The summed E-state index contributed by atoms with van der Waals surface area (Å²) in [5, 5.41) is 2.56. The molecule has 0 aliphatic rings. The Bertz CT molecular complexity index is 621. The first-order valence-corrected chi connectivity index (χ1v) is 5.83. The summed E-state index contributed by atoms with van der Waals surface area (Å²) < 4.78 is 51.1. The van der Waals surface area contributed by atoms with Gasteiger partial charge in [0.25, 0.3) is 0 Å². The largest absolute Gasteiger partial charge is 0.416 e. The van der Waals surface area contributed by atoms with Gasteiger partial charge in [0.05, 0.1) is 5.56 Å². The van der Waals surface area contributed by atoms with Crippen LogP contribution in [0.3, 0.4) is 0 Å². The number of alkyl halides is 3. The fourth-order valence-corrected chi connectivity index (χ4v) is 1.91. The first-order valence-electron chi connectivity index (χ1n) is 5.45. The van der Waals surface area contributed by atoms with Crippen LogP contribution in [-0.2, 0) is 6.18 Å². The molecule has 0 heterocycles. The van der Waals surface area contributed by atoms with Gasteiger partial charge in [-0.15, -0.1) is 0 Å². The topological polar surface area (TPSA) is 38.0 Å². The van der Waals surface area contributed by atoms with Crippen molar-refractivity contribution in [3.05, 3.63) is 52.8 Å². The van der Waals surface area contributed by atoms with Crippen LogP contribution in [0.1, 0.15) is 5.56 Å². The maximum absolute atomic E-state index is 13.2. The predicted octanol–water partition coefficient (Wildman–Crippen LogP) is 4.82. The second-order valence-corrected chi connectivity index (χ2v) is 4.56. The molecule has 20 heavy (non-hydrogen) atoms. The van der Waals surface area contributed by atoms with E-state index >= 15 is 0 Å². The van der Waals surface area contributed by atoms with E-state index in [0.717, 1.165) is 24.3 Å². The predicted molar refractivity (Wildman–Crippen MR) is 70.5 cm³/mol. The monoisotopic (exact) mass is 304 g/mol. The van der Waals surface area contributed by atoms with Crippen LogP contribution in [0.2, 0.25) is 5.02 Å². The number of rotatable bonds is 2. The Kier molecular flexibility index (Phi) is 3.76. The van der Waals surface area contributed by atoms with Crippen molar-refractivity contribution in [2.45, 2.75) is 6.18 Å². The van der Waals surface area contributed by atoms with Crippen LogP contribution in [0.25, 0.3) is 0 Å². The van der Waals surface area contributed by atoms with Crippen LogP contribution in [-0.4, -0.2) is 0 Å². The van der Waals surface area contributed by atoms with Gasteiger partial charge in [-0.3, -0.25) is 0 Å². The molecule has 0 bridgehead atoms. The van der Waals surface area contributed by atoms with Crippen molar-refractivity contribution >= 4 is 28.7 Å².